The number of thiol groups is 1. The average Bonchev–Trinajstić information content (AvgIpc) is 2.82. The number of hydrazone groups is 1. The highest BCUT2D eigenvalue weighted by atomic mass is 32.1. The van der Waals surface area contributed by atoms with E-state index in [1.54, 1.807) is 0 Å². The number of rotatable bonds is 7. The number of hydrogen-bond acceptors (Lipinski definition) is 5. The van der Waals surface area contributed by atoms with Gasteiger partial charge in [-0.15, -0.1) is 12.8 Å². The third-order valence-electron chi connectivity index (χ3n) is 5.08. The SMILES string of the molecule is C#C.CCc1ccc(C)c(/C(=N/N)N(CS)c2ccc(C)c(N(CC)CC)c2)c1.CO. The van der Waals surface area contributed by atoms with Crippen LogP contribution in [0, 0.1) is 26.7 Å². The summed E-state index contributed by atoms with van der Waals surface area (Å²) >= 11 is 4.59. The van der Waals surface area contributed by atoms with Crippen molar-refractivity contribution in [3.63, 3.8) is 0 Å². The summed E-state index contributed by atoms with van der Waals surface area (Å²) in [4.78, 5) is 4.43. The number of hydrogen-bond donors (Lipinski definition) is 3. The predicted molar refractivity (Wildman–Crippen MR) is 140 cm³/mol. The lowest BCUT2D eigenvalue weighted by Crippen LogP contribution is -2.33. The number of aliphatic hydroxyl groups excluding tert-OH is 1. The molecule has 0 unspecified atom stereocenters. The Labute approximate surface area is 194 Å². The summed E-state index contributed by atoms with van der Waals surface area (Å²) in [6.45, 7) is 12.7. The highest BCUT2D eigenvalue weighted by Gasteiger charge is 2.18. The minimum Gasteiger partial charge on any atom is -0.400 e. The van der Waals surface area contributed by atoms with Crippen molar-refractivity contribution in [2.24, 2.45) is 10.9 Å². The van der Waals surface area contributed by atoms with Gasteiger partial charge in [0.15, 0.2) is 5.84 Å². The Morgan fingerprint density at radius 1 is 1.00 bits per heavy atom. The molecule has 0 amide bonds. The van der Waals surface area contributed by atoms with Crippen molar-refractivity contribution in [2.75, 3.05) is 35.9 Å². The van der Waals surface area contributed by atoms with Crippen molar-refractivity contribution in [1.29, 1.82) is 0 Å². The van der Waals surface area contributed by atoms with E-state index in [9.17, 15) is 0 Å². The fourth-order valence-corrected chi connectivity index (χ4v) is 3.65. The summed E-state index contributed by atoms with van der Waals surface area (Å²) in [6, 6.07) is 12.9. The van der Waals surface area contributed by atoms with Crippen LogP contribution in [0.5, 0.6) is 0 Å². The standard InChI is InChI=1S/C22H32N4S.C2H2.CH4O/c1-6-18-11-9-16(4)20(13-18)22(24-23)26(15-27)19-12-10-17(5)21(14-19)25(7-2)8-3;2*1-2/h9-14,27H,6-8,15,23H2,1-5H3;1-2H;2H,1H3/b24-22-;;. The van der Waals surface area contributed by atoms with Gasteiger partial charge in [-0.05, 0) is 69.0 Å². The van der Waals surface area contributed by atoms with E-state index < -0.39 is 0 Å². The lowest BCUT2D eigenvalue weighted by Gasteiger charge is -2.29. The molecule has 5 nitrogen and oxygen atoms in total. The van der Waals surface area contributed by atoms with E-state index in [1.165, 1.54) is 16.8 Å². The second-order valence-electron chi connectivity index (χ2n) is 6.67. The number of anilines is 2. The Bertz CT molecular complexity index is 845. The van der Waals surface area contributed by atoms with Crippen molar-refractivity contribution >= 4 is 29.8 Å². The molecule has 0 aliphatic heterocycles. The lowest BCUT2D eigenvalue weighted by molar-refractivity contribution is 0.399. The Balaban J connectivity index is 0.00000212. The third kappa shape index (κ3) is 7.23. The zero-order valence-electron chi connectivity index (χ0n) is 19.8. The molecule has 0 atom stereocenters. The quantitative estimate of drug-likeness (QED) is 0.112. The Kier molecular flexibility index (Phi) is 13.9. The molecule has 31 heavy (non-hydrogen) atoms. The first-order valence-electron chi connectivity index (χ1n) is 10.4. The van der Waals surface area contributed by atoms with E-state index in [1.807, 2.05) is 0 Å². The van der Waals surface area contributed by atoms with Crippen molar-refractivity contribution in [3.8, 4) is 12.8 Å². The monoisotopic (exact) mass is 442 g/mol. The third-order valence-corrected chi connectivity index (χ3v) is 5.36. The van der Waals surface area contributed by atoms with Crippen LogP contribution in [0.2, 0.25) is 0 Å². The molecule has 2 rings (SSSR count). The van der Waals surface area contributed by atoms with E-state index >= 15 is 0 Å². The van der Waals surface area contributed by atoms with Crippen molar-refractivity contribution < 1.29 is 5.11 Å². The highest BCUT2D eigenvalue weighted by molar-refractivity contribution is 7.80. The second-order valence-corrected chi connectivity index (χ2v) is 6.95. The molecule has 0 fully saturated rings. The van der Waals surface area contributed by atoms with Crippen LogP contribution in [-0.4, -0.2) is 37.0 Å². The van der Waals surface area contributed by atoms with Gasteiger partial charge >= 0.3 is 0 Å². The highest BCUT2D eigenvalue weighted by Crippen LogP contribution is 2.28. The number of aliphatic hydroxyl groups is 1. The molecule has 0 saturated carbocycles. The van der Waals surface area contributed by atoms with Crippen molar-refractivity contribution in [2.45, 2.75) is 41.0 Å². The van der Waals surface area contributed by atoms with E-state index in [0.717, 1.165) is 49.3 Å². The van der Waals surface area contributed by atoms with Gasteiger partial charge in [0.2, 0.25) is 0 Å². The van der Waals surface area contributed by atoms with Gasteiger partial charge in [0.25, 0.3) is 0 Å². The number of amidine groups is 1. The van der Waals surface area contributed by atoms with Crippen LogP contribution in [0.15, 0.2) is 41.5 Å². The van der Waals surface area contributed by atoms with Crippen LogP contribution in [0.25, 0.3) is 0 Å². The molecule has 2 aromatic rings. The number of benzene rings is 2. The van der Waals surface area contributed by atoms with Crippen molar-refractivity contribution in [1.82, 2.24) is 0 Å². The van der Waals surface area contributed by atoms with Crippen LogP contribution in [-0.2, 0) is 6.42 Å². The Hall–Kier alpha value is -2.62. The molecule has 170 valence electrons. The molecule has 2 aromatic carbocycles. The Morgan fingerprint density at radius 3 is 2.06 bits per heavy atom. The summed E-state index contributed by atoms with van der Waals surface area (Å²) in [5, 5.41) is 11.2. The summed E-state index contributed by atoms with van der Waals surface area (Å²) in [7, 11) is 1.00. The van der Waals surface area contributed by atoms with Gasteiger partial charge in [0.05, 0.1) is 5.88 Å². The van der Waals surface area contributed by atoms with Gasteiger partial charge in [0.1, 0.15) is 0 Å². The topological polar surface area (TPSA) is 65.1 Å². The summed E-state index contributed by atoms with van der Waals surface area (Å²) < 4.78 is 0. The summed E-state index contributed by atoms with van der Waals surface area (Å²) in [6.07, 6.45) is 8.97. The number of aryl methyl sites for hydroxylation is 3. The first kappa shape index (κ1) is 28.4. The van der Waals surface area contributed by atoms with Gasteiger partial charge in [0, 0.05) is 37.1 Å². The van der Waals surface area contributed by atoms with E-state index in [2.05, 4.69) is 111 Å². The van der Waals surface area contributed by atoms with Crippen LogP contribution in [0.1, 0.15) is 43.0 Å². The lowest BCUT2D eigenvalue weighted by atomic mass is 10.0. The molecule has 0 aliphatic rings. The second kappa shape index (κ2) is 15.2. The van der Waals surface area contributed by atoms with Gasteiger partial charge < -0.3 is 20.7 Å². The molecule has 0 bridgehead atoms. The molecule has 0 aliphatic carbocycles. The van der Waals surface area contributed by atoms with E-state index in [4.69, 9.17) is 10.9 Å². The number of terminal acetylenes is 1. The Morgan fingerprint density at radius 2 is 1.58 bits per heavy atom. The molecule has 0 saturated heterocycles. The van der Waals surface area contributed by atoms with Crippen LogP contribution in [0.3, 0.4) is 0 Å². The summed E-state index contributed by atoms with van der Waals surface area (Å²) in [5.41, 5.74) is 7.01. The van der Waals surface area contributed by atoms with E-state index in [-0.39, 0.29) is 0 Å². The van der Waals surface area contributed by atoms with Crippen LogP contribution in [0.4, 0.5) is 11.4 Å². The first-order valence-corrected chi connectivity index (χ1v) is 11.0. The molecule has 0 radical (unpaired) electrons. The fourth-order valence-electron chi connectivity index (χ4n) is 3.36. The molecular weight excluding hydrogens is 404 g/mol. The minimum atomic E-state index is 0.493. The molecule has 6 heteroatoms. The normalized spacial score (nSPS) is 10.3. The van der Waals surface area contributed by atoms with E-state index in [0.29, 0.717) is 5.88 Å². The van der Waals surface area contributed by atoms with Crippen LogP contribution >= 0.6 is 12.6 Å². The average molecular weight is 443 g/mol. The predicted octanol–water partition coefficient (Wildman–Crippen LogP) is 4.58. The fraction of sp³-hybridized carbons (Fsp3) is 0.400. The van der Waals surface area contributed by atoms with Gasteiger partial charge in [-0.1, -0.05) is 25.1 Å². The molecular formula is C25H38N4OS. The minimum absolute atomic E-state index is 0.493. The zero-order valence-corrected chi connectivity index (χ0v) is 20.7. The van der Waals surface area contributed by atoms with Gasteiger partial charge in [-0.25, -0.2) is 0 Å². The van der Waals surface area contributed by atoms with Gasteiger partial charge in [-0.2, -0.15) is 17.7 Å². The maximum absolute atomic E-state index is 7.00. The zero-order chi connectivity index (χ0) is 24.0. The smallest absolute Gasteiger partial charge is 0.160 e. The first-order chi connectivity index (χ1) is 15.0. The number of nitrogens with two attached hydrogens (primary N) is 1. The molecule has 0 spiro atoms. The molecule has 3 N–H and O–H groups in total. The van der Waals surface area contributed by atoms with Crippen molar-refractivity contribution in [3.05, 3.63) is 58.7 Å². The molecule has 0 aromatic heterocycles. The van der Waals surface area contributed by atoms with Crippen LogP contribution < -0.4 is 15.6 Å². The maximum atomic E-state index is 7.00. The summed E-state index contributed by atoms with van der Waals surface area (Å²) in [5.74, 6) is 7.10. The largest absolute Gasteiger partial charge is 0.400 e. The maximum Gasteiger partial charge on any atom is 0.160 e. The van der Waals surface area contributed by atoms with Gasteiger partial charge in [-0.3, -0.25) is 0 Å². The molecule has 0 heterocycles. The number of nitrogens with zero attached hydrogens (tertiary/aromatic N) is 3.